The maximum atomic E-state index is 6.15. The Labute approximate surface area is 139 Å². The Hall–Kier alpha value is -1.64. The zero-order valence-corrected chi connectivity index (χ0v) is 13.6. The van der Waals surface area contributed by atoms with Gasteiger partial charge in [0, 0.05) is 18.6 Å². The van der Waals surface area contributed by atoms with Crippen molar-refractivity contribution in [1.29, 1.82) is 0 Å². The molecule has 0 N–H and O–H groups in total. The Bertz CT molecular complexity index is 612. The van der Waals surface area contributed by atoms with Crippen LogP contribution in [-0.4, -0.2) is 30.1 Å². The molecule has 2 heterocycles. The second-order valence-corrected chi connectivity index (χ2v) is 6.76. The van der Waals surface area contributed by atoms with E-state index in [2.05, 4.69) is 65.6 Å². The highest BCUT2D eigenvalue weighted by molar-refractivity contribution is 5.21. The van der Waals surface area contributed by atoms with E-state index in [-0.39, 0.29) is 6.10 Å². The Morgan fingerprint density at radius 3 is 2.43 bits per heavy atom. The van der Waals surface area contributed by atoms with E-state index in [9.17, 15) is 0 Å². The third-order valence-electron chi connectivity index (χ3n) is 5.42. The van der Waals surface area contributed by atoms with Crippen LogP contribution in [0.25, 0.3) is 0 Å². The fourth-order valence-corrected chi connectivity index (χ4v) is 4.28. The second kappa shape index (κ2) is 6.86. The first-order valence-electron chi connectivity index (χ1n) is 8.88. The predicted molar refractivity (Wildman–Crippen MR) is 93.4 cm³/mol. The second-order valence-electron chi connectivity index (χ2n) is 6.76. The van der Waals surface area contributed by atoms with Crippen LogP contribution in [0.1, 0.15) is 36.5 Å². The van der Waals surface area contributed by atoms with Crippen molar-refractivity contribution in [2.24, 2.45) is 0 Å². The van der Waals surface area contributed by atoms with Crippen LogP contribution in [0.15, 0.2) is 60.7 Å². The summed E-state index contributed by atoms with van der Waals surface area (Å²) in [5.41, 5.74) is 2.80. The summed E-state index contributed by atoms with van der Waals surface area (Å²) in [4.78, 5) is 2.73. The summed E-state index contributed by atoms with van der Waals surface area (Å²) in [7, 11) is 0. The van der Waals surface area contributed by atoms with E-state index in [1.807, 2.05) is 0 Å². The van der Waals surface area contributed by atoms with E-state index in [4.69, 9.17) is 4.74 Å². The van der Waals surface area contributed by atoms with Gasteiger partial charge in [0.2, 0.25) is 0 Å². The van der Waals surface area contributed by atoms with Crippen molar-refractivity contribution in [3.8, 4) is 0 Å². The van der Waals surface area contributed by atoms with E-state index < -0.39 is 0 Å². The third kappa shape index (κ3) is 3.19. The lowest BCUT2D eigenvalue weighted by atomic mass is 9.99. The van der Waals surface area contributed by atoms with Crippen LogP contribution in [0, 0.1) is 0 Å². The largest absolute Gasteiger partial charge is 0.371 e. The van der Waals surface area contributed by atoms with Crippen LogP contribution in [-0.2, 0) is 11.2 Å². The molecule has 2 aliphatic heterocycles. The van der Waals surface area contributed by atoms with Gasteiger partial charge in [-0.25, -0.2) is 0 Å². The van der Waals surface area contributed by atoms with Crippen molar-refractivity contribution in [2.75, 3.05) is 13.2 Å². The number of aryl methyl sites for hydroxylation is 1. The highest BCUT2D eigenvalue weighted by Gasteiger charge is 2.41. The van der Waals surface area contributed by atoms with Gasteiger partial charge in [-0.1, -0.05) is 60.7 Å². The van der Waals surface area contributed by atoms with E-state index in [0.717, 1.165) is 19.2 Å². The van der Waals surface area contributed by atoms with Crippen molar-refractivity contribution < 1.29 is 4.74 Å². The lowest BCUT2D eigenvalue weighted by Gasteiger charge is -2.39. The topological polar surface area (TPSA) is 12.5 Å². The maximum absolute atomic E-state index is 6.15. The lowest BCUT2D eigenvalue weighted by Crippen LogP contribution is -2.46. The molecule has 2 saturated heterocycles. The number of nitrogens with zero attached hydrogens (tertiary/aromatic N) is 1. The van der Waals surface area contributed by atoms with Crippen molar-refractivity contribution in [1.82, 2.24) is 4.90 Å². The molecular weight excluding hydrogens is 282 g/mol. The van der Waals surface area contributed by atoms with Gasteiger partial charge in [-0.05, 0) is 36.8 Å². The summed E-state index contributed by atoms with van der Waals surface area (Å²) >= 11 is 0. The molecule has 3 atom stereocenters. The van der Waals surface area contributed by atoms with Crippen molar-refractivity contribution in [3.63, 3.8) is 0 Å². The van der Waals surface area contributed by atoms with E-state index in [1.165, 1.54) is 36.8 Å². The Balaban J connectivity index is 1.43. The smallest absolute Gasteiger partial charge is 0.0980 e. The summed E-state index contributed by atoms with van der Waals surface area (Å²) in [6.45, 7) is 1.95. The van der Waals surface area contributed by atoms with E-state index in [0.29, 0.717) is 6.04 Å². The molecule has 2 aliphatic rings. The fourth-order valence-electron chi connectivity index (χ4n) is 4.28. The molecule has 0 amide bonds. The molecule has 0 saturated carbocycles. The first-order chi connectivity index (χ1) is 11.4. The monoisotopic (exact) mass is 307 g/mol. The van der Waals surface area contributed by atoms with Gasteiger partial charge in [-0.2, -0.15) is 0 Å². The molecule has 2 nitrogen and oxygen atoms in total. The number of hydrogen-bond acceptors (Lipinski definition) is 2. The Morgan fingerprint density at radius 2 is 1.65 bits per heavy atom. The molecule has 0 aromatic heterocycles. The highest BCUT2D eigenvalue weighted by Crippen LogP contribution is 2.39. The number of fused-ring (bicyclic) bond motifs is 1. The van der Waals surface area contributed by atoms with Gasteiger partial charge < -0.3 is 4.74 Å². The third-order valence-corrected chi connectivity index (χ3v) is 5.42. The summed E-state index contributed by atoms with van der Waals surface area (Å²) in [6.07, 6.45) is 5.28. The normalized spacial score (nSPS) is 27.7. The SMILES string of the molecule is c1ccc(CCC2CCC3C(c4ccccc4)OCCN23)cc1. The predicted octanol–water partition coefficient (Wildman–Crippen LogP) is 4.22. The minimum atomic E-state index is 0.256. The molecule has 120 valence electrons. The van der Waals surface area contributed by atoms with E-state index >= 15 is 0 Å². The van der Waals surface area contributed by atoms with Gasteiger partial charge in [0.25, 0.3) is 0 Å². The molecule has 4 rings (SSSR count). The van der Waals surface area contributed by atoms with Gasteiger partial charge >= 0.3 is 0 Å². The van der Waals surface area contributed by atoms with Gasteiger partial charge in [-0.15, -0.1) is 0 Å². The molecule has 0 radical (unpaired) electrons. The van der Waals surface area contributed by atoms with Crippen LogP contribution in [0.4, 0.5) is 0 Å². The van der Waals surface area contributed by atoms with Crippen LogP contribution in [0.2, 0.25) is 0 Å². The van der Waals surface area contributed by atoms with Gasteiger partial charge in [-0.3, -0.25) is 4.90 Å². The average Bonchev–Trinajstić information content (AvgIpc) is 3.05. The van der Waals surface area contributed by atoms with Crippen LogP contribution in [0.3, 0.4) is 0 Å². The van der Waals surface area contributed by atoms with Crippen LogP contribution >= 0.6 is 0 Å². The first kappa shape index (κ1) is 14.9. The Morgan fingerprint density at radius 1 is 0.913 bits per heavy atom. The van der Waals surface area contributed by atoms with Gasteiger partial charge in [0.1, 0.15) is 0 Å². The summed E-state index contributed by atoms with van der Waals surface area (Å²) in [5, 5.41) is 0. The average molecular weight is 307 g/mol. The summed E-state index contributed by atoms with van der Waals surface area (Å²) in [6, 6.07) is 22.9. The number of morpholine rings is 1. The van der Waals surface area contributed by atoms with E-state index in [1.54, 1.807) is 0 Å². The molecule has 0 spiro atoms. The molecule has 23 heavy (non-hydrogen) atoms. The molecule has 2 heteroatoms. The number of rotatable bonds is 4. The summed E-state index contributed by atoms with van der Waals surface area (Å²) < 4.78 is 6.15. The van der Waals surface area contributed by atoms with Crippen molar-refractivity contribution in [2.45, 2.75) is 43.9 Å². The highest BCUT2D eigenvalue weighted by atomic mass is 16.5. The number of benzene rings is 2. The van der Waals surface area contributed by atoms with Crippen LogP contribution in [0.5, 0.6) is 0 Å². The standard InChI is InChI=1S/C21H25NO/c1-3-7-17(8-4-1)11-12-19-13-14-20-21(23-16-15-22(19)20)18-9-5-2-6-10-18/h1-10,19-21H,11-16H2. The molecule has 3 unspecified atom stereocenters. The molecule has 0 bridgehead atoms. The zero-order chi connectivity index (χ0) is 15.5. The molecule has 2 fully saturated rings. The van der Waals surface area contributed by atoms with Crippen molar-refractivity contribution in [3.05, 3.63) is 71.8 Å². The molecular formula is C21H25NO. The summed E-state index contributed by atoms with van der Waals surface area (Å²) in [5.74, 6) is 0. The van der Waals surface area contributed by atoms with Gasteiger partial charge in [0.05, 0.1) is 12.7 Å². The molecule has 2 aromatic rings. The maximum Gasteiger partial charge on any atom is 0.0980 e. The molecule has 0 aliphatic carbocycles. The minimum Gasteiger partial charge on any atom is -0.371 e. The van der Waals surface area contributed by atoms with Gasteiger partial charge in [0.15, 0.2) is 0 Å². The number of hydrogen-bond donors (Lipinski definition) is 0. The lowest BCUT2D eigenvalue weighted by molar-refractivity contribution is -0.0686. The fraction of sp³-hybridized carbons (Fsp3) is 0.429. The molecule has 2 aromatic carbocycles. The minimum absolute atomic E-state index is 0.256. The number of ether oxygens (including phenoxy) is 1. The van der Waals surface area contributed by atoms with Crippen molar-refractivity contribution >= 4 is 0 Å². The van der Waals surface area contributed by atoms with Crippen LogP contribution < -0.4 is 0 Å². The zero-order valence-electron chi connectivity index (χ0n) is 13.6. The quantitative estimate of drug-likeness (QED) is 0.838. The first-order valence-corrected chi connectivity index (χ1v) is 8.88. The Kier molecular flexibility index (Phi) is 4.45.